The van der Waals surface area contributed by atoms with Gasteiger partial charge in [0.1, 0.15) is 17.3 Å². The summed E-state index contributed by atoms with van der Waals surface area (Å²) in [5.41, 5.74) is 0.669. The lowest BCUT2D eigenvalue weighted by atomic mass is 9.83. The monoisotopic (exact) mass is 787 g/mol. The number of carbonyl (C=O) groups is 2. The second-order valence-electron chi connectivity index (χ2n) is 13.7. The first-order valence-electron chi connectivity index (χ1n) is 16.8. The van der Waals surface area contributed by atoms with E-state index in [2.05, 4.69) is 10.1 Å². The number of ether oxygens (including phenoxy) is 1. The average molecular weight is 788 g/mol. The van der Waals surface area contributed by atoms with E-state index in [0.29, 0.717) is 34.5 Å². The van der Waals surface area contributed by atoms with Crippen LogP contribution in [-0.2, 0) is 19.6 Å². The number of aromatic nitrogens is 3. The molecule has 12 nitrogen and oxygen atoms in total. The maximum absolute atomic E-state index is 15.5. The number of methoxy groups -OCH3 is 1. The van der Waals surface area contributed by atoms with Gasteiger partial charge in [-0.25, -0.2) is 27.5 Å². The van der Waals surface area contributed by atoms with Crippen LogP contribution in [0, 0.1) is 5.41 Å². The molecule has 3 aromatic heterocycles. The van der Waals surface area contributed by atoms with E-state index in [4.69, 9.17) is 4.74 Å². The third-order valence-corrected chi connectivity index (χ3v) is 12.0. The lowest BCUT2D eigenvalue weighted by molar-refractivity contribution is -0.189. The van der Waals surface area contributed by atoms with E-state index >= 15 is 13.2 Å². The summed E-state index contributed by atoms with van der Waals surface area (Å²) in [6.07, 6.45) is -3.98. The van der Waals surface area contributed by atoms with Crippen LogP contribution in [0.25, 0.3) is 5.65 Å². The summed E-state index contributed by atoms with van der Waals surface area (Å²) in [4.78, 5) is 30.3. The zero-order valence-corrected chi connectivity index (χ0v) is 31.4. The van der Waals surface area contributed by atoms with E-state index in [1.54, 1.807) is 60.7 Å². The topological polar surface area (TPSA) is 155 Å². The van der Waals surface area contributed by atoms with E-state index in [9.17, 15) is 28.2 Å². The van der Waals surface area contributed by atoms with Crippen molar-refractivity contribution in [1.29, 1.82) is 0 Å². The highest BCUT2D eigenvalue weighted by atomic mass is 32.2. The summed E-state index contributed by atoms with van der Waals surface area (Å²) < 4.78 is 82.1. The number of nitrogens with zero attached hydrogens (tertiary/aromatic N) is 5. The Balaban J connectivity index is 1.64. The SMILES string of the molecule is COC(=O)N([C@H](C(=O)O)C(c1ccccc1)c1ccccc1)[C@H](c1ccc([C@@H](CO)N(CCC(C)(C)C)S(=O)(=O)c2ccc3ncnn3c2)s1)C(F)(F)F. The van der Waals surface area contributed by atoms with Gasteiger partial charge in [-0.1, -0.05) is 81.4 Å². The number of aliphatic hydroxyl groups excluding tert-OH is 1. The second kappa shape index (κ2) is 16.3. The number of carboxylic acids is 1. The lowest BCUT2D eigenvalue weighted by Gasteiger charge is -2.39. The van der Waals surface area contributed by atoms with Crippen molar-refractivity contribution in [1.82, 2.24) is 23.8 Å². The minimum atomic E-state index is -5.25. The molecule has 0 radical (unpaired) electrons. The van der Waals surface area contributed by atoms with E-state index < -0.39 is 63.8 Å². The smallest absolute Gasteiger partial charge is 0.414 e. The molecule has 0 saturated carbocycles. The van der Waals surface area contributed by atoms with Gasteiger partial charge in [0.05, 0.1) is 26.0 Å². The molecule has 0 spiro atoms. The quantitative estimate of drug-likeness (QED) is 0.122. The fraction of sp³-hybridized carbons (Fsp3) is 0.351. The number of aliphatic carboxylic acids is 1. The summed E-state index contributed by atoms with van der Waals surface area (Å²) >= 11 is 0.510. The predicted octanol–water partition coefficient (Wildman–Crippen LogP) is 6.91. The first-order valence-corrected chi connectivity index (χ1v) is 19.0. The molecule has 3 heterocycles. The average Bonchev–Trinajstić information content (AvgIpc) is 3.80. The van der Waals surface area contributed by atoms with Crippen LogP contribution in [0.15, 0.2) is 102 Å². The van der Waals surface area contributed by atoms with Crippen molar-refractivity contribution >= 4 is 39.1 Å². The minimum Gasteiger partial charge on any atom is -0.480 e. The Kier molecular flexibility index (Phi) is 12.1. The number of hydrogen-bond donors (Lipinski definition) is 2. The number of pyridine rings is 1. The highest BCUT2D eigenvalue weighted by Gasteiger charge is 2.54. The summed E-state index contributed by atoms with van der Waals surface area (Å²) in [6, 6.07) is 14.8. The number of halogens is 3. The van der Waals surface area contributed by atoms with Crippen molar-refractivity contribution in [3.05, 3.63) is 118 Å². The molecule has 1 amide bonds. The largest absolute Gasteiger partial charge is 0.480 e. The third-order valence-electron chi connectivity index (χ3n) is 8.86. The first-order chi connectivity index (χ1) is 25.5. The molecule has 0 aliphatic rings. The van der Waals surface area contributed by atoms with Crippen LogP contribution >= 0.6 is 11.3 Å². The van der Waals surface area contributed by atoms with Crippen molar-refractivity contribution < 1.29 is 46.1 Å². The molecule has 3 atom stereocenters. The molecule has 0 aliphatic heterocycles. The van der Waals surface area contributed by atoms with Crippen LogP contribution in [0.3, 0.4) is 0 Å². The first kappa shape index (κ1) is 40.3. The molecule has 0 fully saturated rings. The van der Waals surface area contributed by atoms with Crippen LogP contribution in [0.2, 0.25) is 0 Å². The van der Waals surface area contributed by atoms with Crippen molar-refractivity contribution in [3.8, 4) is 0 Å². The summed E-state index contributed by atoms with van der Waals surface area (Å²) in [5, 5.41) is 25.4. The Morgan fingerprint density at radius 3 is 2.04 bits per heavy atom. The third kappa shape index (κ3) is 8.75. The number of benzene rings is 2. The normalized spacial score (nSPS) is 14.3. The number of carbonyl (C=O) groups excluding carboxylic acids is 1. The summed E-state index contributed by atoms with van der Waals surface area (Å²) in [5.74, 6) is -3.00. The van der Waals surface area contributed by atoms with E-state index in [1.165, 1.54) is 35.2 Å². The lowest BCUT2D eigenvalue weighted by Crippen LogP contribution is -2.53. The minimum absolute atomic E-state index is 0.0282. The molecule has 2 aromatic carbocycles. The number of rotatable bonds is 14. The standard InChI is InChI=1S/C37H40F3N5O7S2/c1-36(2,3)19-20-44(54(50,51)26-15-18-30-41-23-42-43(30)21-26)27(22-46)28-16-17-29(53-28)33(37(38,39)40)45(35(49)52-4)32(34(47)48)31(24-11-7-5-8-12-24)25-13-9-6-10-14-25/h5-18,21,23,27,31-33,46H,19-20,22H2,1-4H3,(H,47,48)/t27-,32+,33-/m1/s1. The fourth-order valence-electron chi connectivity index (χ4n) is 6.23. The Hall–Kier alpha value is -4.84. The maximum atomic E-state index is 15.5. The highest BCUT2D eigenvalue weighted by molar-refractivity contribution is 7.89. The number of thiophene rings is 1. The summed E-state index contributed by atoms with van der Waals surface area (Å²) in [7, 11) is -3.56. The molecule has 5 aromatic rings. The number of alkyl halides is 3. The Labute approximate surface area is 314 Å². The number of hydrogen-bond acceptors (Lipinski definition) is 9. The van der Waals surface area contributed by atoms with Crippen molar-refractivity contribution in [2.75, 3.05) is 20.3 Å². The molecule has 0 aliphatic carbocycles. The van der Waals surface area contributed by atoms with Gasteiger partial charge >= 0.3 is 18.2 Å². The molecule has 17 heteroatoms. The second-order valence-corrected chi connectivity index (χ2v) is 16.7. The highest BCUT2D eigenvalue weighted by Crippen LogP contribution is 2.46. The maximum Gasteiger partial charge on any atom is 0.414 e. The number of sulfonamides is 1. The number of aliphatic hydroxyl groups is 1. The van der Waals surface area contributed by atoms with E-state index in [1.807, 2.05) is 20.8 Å². The van der Waals surface area contributed by atoms with Gasteiger partial charge in [-0.15, -0.1) is 11.3 Å². The van der Waals surface area contributed by atoms with Crippen LogP contribution in [0.4, 0.5) is 18.0 Å². The van der Waals surface area contributed by atoms with Gasteiger partial charge in [-0.05, 0) is 47.2 Å². The molecule has 0 saturated heterocycles. The number of amides is 1. The van der Waals surface area contributed by atoms with Crippen LogP contribution in [0.1, 0.15) is 66.1 Å². The zero-order chi connectivity index (χ0) is 39.4. The van der Waals surface area contributed by atoms with Gasteiger partial charge in [-0.3, -0.25) is 4.90 Å². The molecule has 54 heavy (non-hydrogen) atoms. The van der Waals surface area contributed by atoms with Gasteiger partial charge in [0.2, 0.25) is 10.0 Å². The molecular weight excluding hydrogens is 748 g/mol. The van der Waals surface area contributed by atoms with E-state index in [-0.39, 0.29) is 26.6 Å². The molecule has 2 N–H and O–H groups in total. The van der Waals surface area contributed by atoms with Crippen LogP contribution in [0.5, 0.6) is 0 Å². The summed E-state index contributed by atoms with van der Waals surface area (Å²) in [6.45, 7) is 4.75. The molecular formula is C37H40F3N5O7S2. The van der Waals surface area contributed by atoms with Gasteiger partial charge in [0, 0.05) is 22.2 Å². The fourth-order valence-corrected chi connectivity index (χ4v) is 9.13. The van der Waals surface area contributed by atoms with Gasteiger partial charge < -0.3 is 14.9 Å². The number of carboxylic acid groups (broad SMARTS) is 1. The Morgan fingerprint density at radius 1 is 0.926 bits per heavy atom. The predicted molar refractivity (Wildman–Crippen MR) is 194 cm³/mol. The Morgan fingerprint density at radius 2 is 1.52 bits per heavy atom. The molecule has 5 rings (SSSR count). The van der Waals surface area contributed by atoms with E-state index in [0.717, 1.165) is 17.5 Å². The van der Waals surface area contributed by atoms with Crippen molar-refractivity contribution in [2.45, 2.75) is 62.3 Å². The molecule has 0 unspecified atom stereocenters. The van der Waals surface area contributed by atoms with Gasteiger partial charge in [0.25, 0.3) is 0 Å². The number of fused-ring (bicyclic) bond motifs is 1. The van der Waals surface area contributed by atoms with Gasteiger partial charge in [-0.2, -0.15) is 22.6 Å². The molecule has 288 valence electrons. The molecule has 0 bridgehead atoms. The zero-order valence-electron chi connectivity index (χ0n) is 29.8. The van der Waals surface area contributed by atoms with Crippen molar-refractivity contribution in [3.63, 3.8) is 0 Å². The van der Waals surface area contributed by atoms with Crippen LogP contribution in [-0.4, -0.2) is 87.0 Å². The van der Waals surface area contributed by atoms with Crippen molar-refractivity contribution in [2.24, 2.45) is 5.41 Å². The van der Waals surface area contributed by atoms with Crippen LogP contribution < -0.4 is 0 Å². The Bertz CT molecular complexity index is 2120. The van der Waals surface area contributed by atoms with Gasteiger partial charge in [0.15, 0.2) is 11.7 Å².